The van der Waals surface area contributed by atoms with Crippen LogP contribution in [0.5, 0.6) is 5.75 Å². The van der Waals surface area contributed by atoms with Crippen molar-refractivity contribution in [2.24, 2.45) is 5.92 Å². The predicted molar refractivity (Wildman–Crippen MR) is 123 cm³/mol. The minimum atomic E-state index is -0.777. The average Bonchev–Trinajstić information content (AvgIpc) is 3.13. The number of allylic oxidation sites excluding steroid dienone is 4. The Morgan fingerprint density at radius 3 is 2.84 bits per heavy atom. The fraction of sp³-hybridized carbons (Fsp3) is 0.259. The topological polar surface area (TPSA) is 49.8 Å². The highest BCUT2D eigenvalue weighted by Crippen LogP contribution is 2.30. The van der Waals surface area contributed by atoms with Gasteiger partial charge < -0.3 is 14.7 Å². The van der Waals surface area contributed by atoms with Gasteiger partial charge in [-0.2, -0.15) is 0 Å². The van der Waals surface area contributed by atoms with Gasteiger partial charge in [-0.1, -0.05) is 42.5 Å². The molecule has 0 amide bonds. The summed E-state index contributed by atoms with van der Waals surface area (Å²) in [5, 5.41) is 8.79. The number of hydrogen-bond donors (Lipinski definition) is 1. The summed E-state index contributed by atoms with van der Waals surface area (Å²) in [6, 6.07) is 16.2. The van der Waals surface area contributed by atoms with Gasteiger partial charge in [0.15, 0.2) is 0 Å². The van der Waals surface area contributed by atoms with Crippen LogP contribution in [0.25, 0.3) is 0 Å². The van der Waals surface area contributed by atoms with Gasteiger partial charge in [0.2, 0.25) is 0 Å². The van der Waals surface area contributed by atoms with E-state index >= 15 is 0 Å². The van der Waals surface area contributed by atoms with E-state index in [-0.39, 0.29) is 6.42 Å². The van der Waals surface area contributed by atoms with Crippen molar-refractivity contribution in [1.29, 1.82) is 0 Å². The van der Waals surface area contributed by atoms with Gasteiger partial charge >= 0.3 is 5.97 Å². The quantitative estimate of drug-likeness (QED) is 0.596. The minimum absolute atomic E-state index is 0.144. The van der Waals surface area contributed by atoms with E-state index in [1.807, 2.05) is 36.4 Å². The Bertz CT molecular complexity index is 1040. The maximum Gasteiger partial charge on any atom is 0.303 e. The summed E-state index contributed by atoms with van der Waals surface area (Å²) in [6.07, 6.45) is 12.2. The van der Waals surface area contributed by atoms with E-state index in [9.17, 15) is 4.79 Å². The van der Waals surface area contributed by atoms with Crippen LogP contribution in [0.1, 0.15) is 24.0 Å². The number of carboxylic acid groups (broad SMARTS) is 1. The van der Waals surface area contributed by atoms with E-state index in [1.54, 1.807) is 0 Å². The van der Waals surface area contributed by atoms with Gasteiger partial charge in [0.1, 0.15) is 12.4 Å². The van der Waals surface area contributed by atoms with Crippen molar-refractivity contribution >= 4 is 11.7 Å². The summed E-state index contributed by atoms with van der Waals surface area (Å²) in [5.41, 5.74) is 7.87. The second-order valence-corrected chi connectivity index (χ2v) is 7.95. The molecule has 158 valence electrons. The van der Waals surface area contributed by atoms with Crippen LogP contribution in [-0.4, -0.2) is 24.2 Å². The second-order valence-electron chi connectivity index (χ2n) is 7.95. The van der Waals surface area contributed by atoms with Crippen molar-refractivity contribution in [1.82, 2.24) is 0 Å². The number of aryl methyl sites for hydroxylation is 1. The summed E-state index contributed by atoms with van der Waals surface area (Å²) in [5.74, 6) is 0.556. The lowest BCUT2D eigenvalue weighted by molar-refractivity contribution is -0.136. The van der Waals surface area contributed by atoms with Gasteiger partial charge in [0, 0.05) is 31.1 Å². The fourth-order valence-electron chi connectivity index (χ4n) is 4.02. The molecule has 2 aromatic rings. The third kappa shape index (κ3) is 5.78. The maximum absolute atomic E-state index is 10.7. The van der Waals surface area contributed by atoms with Gasteiger partial charge in [0.25, 0.3) is 0 Å². The molecule has 4 rings (SSSR count). The Labute approximate surface area is 183 Å². The molecule has 31 heavy (non-hydrogen) atoms. The van der Waals surface area contributed by atoms with Crippen LogP contribution in [0.15, 0.2) is 90.2 Å². The van der Waals surface area contributed by atoms with Crippen molar-refractivity contribution in [2.75, 3.05) is 18.0 Å². The van der Waals surface area contributed by atoms with Crippen LogP contribution in [0.4, 0.5) is 5.69 Å². The Morgan fingerprint density at radius 1 is 1.13 bits per heavy atom. The Morgan fingerprint density at radius 2 is 2.00 bits per heavy atom. The van der Waals surface area contributed by atoms with Gasteiger partial charge in [-0.3, -0.25) is 4.79 Å². The third-order valence-corrected chi connectivity index (χ3v) is 5.74. The van der Waals surface area contributed by atoms with Crippen molar-refractivity contribution in [2.45, 2.75) is 25.9 Å². The first-order valence-electron chi connectivity index (χ1n) is 10.7. The molecule has 1 heterocycles. The molecule has 1 fully saturated rings. The summed E-state index contributed by atoms with van der Waals surface area (Å²) in [4.78, 5) is 13.1. The molecular formula is C27H27NO3. The zero-order valence-electron chi connectivity index (χ0n) is 17.5. The van der Waals surface area contributed by atoms with Crippen LogP contribution in [0.3, 0.4) is 0 Å². The van der Waals surface area contributed by atoms with E-state index in [2.05, 4.69) is 53.1 Å². The first-order chi connectivity index (χ1) is 15.2. The molecule has 0 spiro atoms. The lowest BCUT2D eigenvalue weighted by Gasteiger charge is -2.20. The lowest BCUT2D eigenvalue weighted by atomic mass is 9.97. The highest BCUT2D eigenvalue weighted by Gasteiger charge is 2.24. The summed E-state index contributed by atoms with van der Waals surface area (Å²) >= 11 is 0. The monoisotopic (exact) mass is 413 g/mol. The maximum atomic E-state index is 10.7. The molecule has 0 aromatic heterocycles. The van der Waals surface area contributed by atoms with Gasteiger partial charge in [-0.05, 0) is 66.0 Å². The van der Waals surface area contributed by atoms with Crippen LogP contribution in [0, 0.1) is 5.92 Å². The first kappa shape index (κ1) is 20.8. The van der Waals surface area contributed by atoms with E-state index < -0.39 is 5.97 Å². The molecule has 0 bridgehead atoms. The molecule has 1 atom stereocenters. The zero-order chi connectivity index (χ0) is 21.5. The number of hydrogen-bond acceptors (Lipinski definition) is 3. The Kier molecular flexibility index (Phi) is 6.71. The molecular weight excluding hydrogens is 386 g/mol. The number of carbonyl (C=O) groups is 1. The molecule has 2 aliphatic rings. The smallest absolute Gasteiger partial charge is 0.303 e. The minimum Gasteiger partial charge on any atom is -0.489 e. The number of carboxylic acids is 1. The van der Waals surface area contributed by atoms with Crippen LogP contribution < -0.4 is 9.64 Å². The van der Waals surface area contributed by atoms with Crippen molar-refractivity contribution in [3.05, 3.63) is 101 Å². The van der Waals surface area contributed by atoms with E-state index in [1.165, 1.54) is 11.3 Å². The summed E-state index contributed by atoms with van der Waals surface area (Å²) in [7, 11) is 0. The van der Waals surface area contributed by atoms with Crippen molar-refractivity contribution in [3.8, 4) is 5.75 Å². The third-order valence-electron chi connectivity index (χ3n) is 5.74. The second kappa shape index (κ2) is 10.0. The van der Waals surface area contributed by atoms with E-state index in [0.717, 1.165) is 36.4 Å². The van der Waals surface area contributed by atoms with Crippen LogP contribution >= 0.6 is 0 Å². The Hall–Kier alpha value is -3.49. The number of aliphatic carboxylic acids is 1. The molecule has 1 saturated heterocycles. The van der Waals surface area contributed by atoms with Gasteiger partial charge in [-0.25, -0.2) is 0 Å². The molecule has 1 N–H and O–H groups in total. The van der Waals surface area contributed by atoms with Crippen LogP contribution in [0.2, 0.25) is 0 Å². The first-order valence-corrected chi connectivity index (χ1v) is 10.7. The average molecular weight is 414 g/mol. The zero-order valence-corrected chi connectivity index (χ0v) is 17.5. The summed E-state index contributed by atoms with van der Waals surface area (Å²) < 4.78 is 5.95. The van der Waals surface area contributed by atoms with Crippen molar-refractivity contribution in [3.63, 3.8) is 0 Å². The number of anilines is 1. The van der Waals surface area contributed by atoms with Gasteiger partial charge in [-0.15, -0.1) is 5.73 Å². The predicted octanol–water partition coefficient (Wildman–Crippen LogP) is 5.32. The van der Waals surface area contributed by atoms with Crippen molar-refractivity contribution < 1.29 is 14.6 Å². The SMILES string of the molecule is O=C(O)CCc1ccc(OCc2cccc(N3CCC(C4=CC=C=CC=C4)C3)c2)cc1. The molecule has 1 aliphatic heterocycles. The lowest BCUT2D eigenvalue weighted by Crippen LogP contribution is -2.20. The number of rotatable bonds is 8. The van der Waals surface area contributed by atoms with E-state index in [4.69, 9.17) is 9.84 Å². The molecule has 1 aliphatic carbocycles. The highest BCUT2D eigenvalue weighted by molar-refractivity contribution is 5.67. The molecule has 4 heteroatoms. The van der Waals surface area contributed by atoms with Gasteiger partial charge in [0.05, 0.1) is 0 Å². The number of benzene rings is 2. The largest absolute Gasteiger partial charge is 0.489 e. The molecule has 0 radical (unpaired) electrons. The fourth-order valence-corrected chi connectivity index (χ4v) is 4.02. The summed E-state index contributed by atoms with van der Waals surface area (Å²) in [6.45, 7) is 2.57. The molecule has 2 aromatic carbocycles. The highest BCUT2D eigenvalue weighted by atomic mass is 16.5. The standard InChI is InChI=1S/C27H27NO3/c29-27(30)15-12-21-10-13-26(14-11-21)31-20-22-6-5-9-25(18-22)28-17-16-24(19-28)23-7-3-1-2-4-8-23/h1,3-11,13-14,18,24H,12,15-17,19-20H2,(H,29,30). The molecule has 1 unspecified atom stereocenters. The number of ether oxygens (including phenoxy) is 1. The molecule has 0 saturated carbocycles. The Balaban J connectivity index is 1.33. The number of nitrogens with zero attached hydrogens (tertiary/aromatic N) is 1. The normalized spacial score (nSPS) is 17.5. The van der Waals surface area contributed by atoms with Crippen LogP contribution in [-0.2, 0) is 17.8 Å². The van der Waals surface area contributed by atoms with E-state index in [0.29, 0.717) is 18.9 Å². The molecule has 4 nitrogen and oxygen atoms in total.